The highest BCUT2D eigenvalue weighted by Gasteiger charge is 2.18. The maximum absolute atomic E-state index is 13.7. The van der Waals surface area contributed by atoms with Crippen LogP contribution in [0, 0.1) is 5.82 Å². The minimum absolute atomic E-state index is 0.116. The first-order chi connectivity index (χ1) is 8.77. The summed E-state index contributed by atoms with van der Waals surface area (Å²) in [6.45, 7) is 0. The highest BCUT2D eigenvalue weighted by atomic mass is 19.1. The van der Waals surface area contributed by atoms with Gasteiger partial charge in [0.05, 0.1) is 11.8 Å². The van der Waals surface area contributed by atoms with E-state index in [4.69, 9.17) is 0 Å². The molecule has 0 aliphatic heterocycles. The third-order valence-corrected chi connectivity index (χ3v) is 3.73. The highest BCUT2D eigenvalue weighted by Crippen LogP contribution is 2.27. The number of aromatic nitrogens is 2. The fourth-order valence-corrected chi connectivity index (χ4v) is 2.76. The third-order valence-electron chi connectivity index (χ3n) is 3.73. The van der Waals surface area contributed by atoms with E-state index >= 15 is 0 Å². The smallest absolute Gasteiger partial charge is 0.264 e. The van der Waals surface area contributed by atoms with Crippen molar-refractivity contribution in [2.24, 2.45) is 0 Å². The van der Waals surface area contributed by atoms with Gasteiger partial charge in [-0.1, -0.05) is 25.3 Å². The molecule has 1 aliphatic rings. The standard InChI is InChI=1S/C14H15FN2O/c15-11-7-4-8-12-13(11)14(18)17(9-16-12)10-5-2-1-3-6-10/h4,7-10H,1-3,5-6H2. The summed E-state index contributed by atoms with van der Waals surface area (Å²) in [5.74, 6) is -0.477. The van der Waals surface area contributed by atoms with Gasteiger partial charge in [0.25, 0.3) is 5.56 Å². The molecule has 0 radical (unpaired) electrons. The number of nitrogens with zero attached hydrogens (tertiary/aromatic N) is 2. The Balaban J connectivity index is 2.16. The Morgan fingerprint density at radius 2 is 2.00 bits per heavy atom. The second-order valence-electron chi connectivity index (χ2n) is 4.88. The number of benzene rings is 1. The van der Waals surface area contributed by atoms with Crippen molar-refractivity contribution >= 4 is 10.9 Å². The second-order valence-corrected chi connectivity index (χ2v) is 4.88. The van der Waals surface area contributed by atoms with Gasteiger partial charge in [0.1, 0.15) is 11.2 Å². The van der Waals surface area contributed by atoms with Crippen molar-refractivity contribution in [3.05, 3.63) is 40.7 Å². The first-order valence-electron chi connectivity index (χ1n) is 6.43. The maximum Gasteiger partial charge on any atom is 0.264 e. The van der Waals surface area contributed by atoms with E-state index in [1.165, 1.54) is 12.5 Å². The number of rotatable bonds is 1. The molecule has 4 heteroatoms. The van der Waals surface area contributed by atoms with Crippen LogP contribution in [-0.4, -0.2) is 9.55 Å². The summed E-state index contributed by atoms with van der Waals surface area (Å²) in [5, 5.41) is 0.116. The molecule has 3 nitrogen and oxygen atoms in total. The zero-order chi connectivity index (χ0) is 12.5. The molecule has 0 bridgehead atoms. The van der Waals surface area contributed by atoms with E-state index in [2.05, 4.69) is 4.98 Å². The summed E-state index contributed by atoms with van der Waals surface area (Å²) < 4.78 is 15.4. The van der Waals surface area contributed by atoms with Crippen LogP contribution in [-0.2, 0) is 0 Å². The molecule has 0 unspecified atom stereocenters. The van der Waals surface area contributed by atoms with Crippen molar-refractivity contribution in [2.45, 2.75) is 38.1 Å². The summed E-state index contributed by atoms with van der Waals surface area (Å²) in [6, 6.07) is 4.75. The topological polar surface area (TPSA) is 34.9 Å². The molecule has 0 amide bonds. The number of halogens is 1. The summed E-state index contributed by atoms with van der Waals surface area (Å²) in [7, 11) is 0. The Labute approximate surface area is 104 Å². The van der Waals surface area contributed by atoms with Gasteiger partial charge in [0, 0.05) is 6.04 Å². The van der Waals surface area contributed by atoms with Gasteiger partial charge in [-0.2, -0.15) is 0 Å². The normalized spacial score (nSPS) is 17.2. The Morgan fingerprint density at radius 3 is 2.78 bits per heavy atom. The zero-order valence-corrected chi connectivity index (χ0v) is 10.1. The van der Waals surface area contributed by atoms with Crippen molar-refractivity contribution in [1.82, 2.24) is 9.55 Å². The lowest BCUT2D eigenvalue weighted by Gasteiger charge is -2.23. The molecule has 0 atom stereocenters. The Morgan fingerprint density at radius 1 is 1.22 bits per heavy atom. The van der Waals surface area contributed by atoms with Gasteiger partial charge in [-0.05, 0) is 25.0 Å². The van der Waals surface area contributed by atoms with Crippen molar-refractivity contribution in [1.29, 1.82) is 0 Å². The lowest BCUT2D eigenvalue weighted by molar-refractivity contribution is 0.344. The van der Waals surface area contributed by atoms with Crippen LogP contribution in [0.3, 0.4) is 0 Å². The molecule has 1 saturated carbocycles. The predicted octanol–water partition coefficient (Wildman–Crippen LogP) is 3.04. The number of hydrogen-bond acceptors (Lipinski definition) is 2. The van der Waals surface area contributed by atoms with Crippen LogP contribution in [0.25, 0.3) is 10.9 Å². The van der Waals surface area contributed by atoms with E-state index in [0.29, 0.717) is 5.52 Å². The first kappa shape index (κ1) is 11.4. The van der Waals surface area contributed by atoms with Gasteiger partial charge >= 0.3 is 0 Å². The molecule has 1 heterocycles. The van der Waals surface area contributed by atoms with E-state index in [-0.39, 0.29) is 17.0 Å². The fraction of sp³-hybridized carbons (Fsp3) is 0.429. The Hall–Kier alpha value is -1.71. The average Bonchev–Trinajstić information content (AvgIpc) is 2.40. The lowest BCUT2D eigenvalue weighted by atomic mass is 9.95. The largest absolute Gasteiger partial charge is 0.296 e. The highest BCUT2D eigenvalue weighted by molar-refractivity contribution is 5.77. The van der Waals surface area contributed by atoms with Crippen LogP contribution >= 0.6 is 0 Å². The number of fused-ring (bicyclic) bond motifs is 1. The van der Waals surface area contributed by atoms with E-state index in [0.717, 1.165) is 25.7 Å². The fourth-order valence-electron chi connectivity index (χ4n) is 2.76. The minimum Gasteiger partial charge on any atom is -0.296 e. The third kappa shape index (κ3) is 1.82. The van der Waals surface area contributed by atoms with Crippen LogP contribution in [0.1, 0.15) is 38.1 Å². The molecule has 1 fully saturated rings. The molecule has 0 saturated heterocycles. The van der Waals surface area contributed by atoms with Crippen LogP contribution in [0.5, 0.6) is 0 Å². The molecule has 0 N–H and O–H groups in total. The van der Waals surface area contributed by atoms with Crippen molar-refractivity contribution in [3.63, 3.8) is 0 Å². The first-order valence-corrected chi connectivity index (χ1v) is 6.43. The summed E-state index contributed by atoms with van der Waals surface area (Å²) in [4.78, 5) is 16.5. The van der Waals surface area contributed by atoms with Gasteiger partial charge in [-0.3, -0.25) is 9.36 Å². The Bertz CT molecular complexity index is 629. The van der Waals surface area contributed by atoms with Crippen LogP contribution in [0.2, 0.25) is 0 Å². The molecule has 18 heavy (non-hydrogen) atoms. The molecule has 3 rings (SSSR count). The van der Waals surface area contributed by atoms with Gasteiger partial charge in [-0.15, -0.1) is 0 Å². The molecular formula is C14H15FN2O. The van der Waals surface area contributed by atoms with Crippen molar-refractivity contribution in [3.8, 4) is 0 Å². The van der Waals surface area contributed by atoms with Gasteiger partial charge in [0.2, 0.25) is 0 Å². The number of hydrogen-bond donors (Lipinski definition) is 0. The maximum atomic E-state index is 13.7. The summed E-state index contributed by atoms with van der Waals surface area (Å²) in [6.07, 6.45) is 7.03. The monoisotopic (exact) mass is 246 g/mol. The molecule has 94 valence electrons. The van der Waals surface area contributed by atoms with Gasteiger partial charge < -0.3 is 0 Å². The van der Waals surface area contributed by atoms with E-state index in [1.807, 2.05) is 0 Å². The zero-order valence-electron chi connectivity index (χ0n) is 10.1. The van der Waals surface area contributed by atoms with Crippen LogP contribution in [0.4, 0.5) is 4.39 Å². The molecule has 2 aromatic rings. The minimum atomic E-state index is -0.477. The van der Waals surface area contributed by atoms with Crippen molar-refractivity contribution in [2.75, 3.05) is 0 Å². The van der Waals surface area contributed by atoms with Crippen LogP contribution in [0.15, 0.2) is 29.3 Å². The SMILES string of the molecule is O=c1c2c(F)cccc2ncn1C1CCCCC1. The molecule has 1 aromatic carbocycles. The average molecular weight is 246 g/mol. The molecule has 0 spiro atoms. The van der Waals surface area contributed by atoms with Gasteiger partial charge in [0.15, 0.2) is 0 Å². The molecule has 1 aliphatic carbocycles. The van der Waals surface area contributed by atoms with Crippen LogP contribution < -0.4 is 5.56 Å². The molecular weight excluding hydrogens is 231 g/mol. The lowest BCUT2D eigenvalue weighted by Crippen LogP contribution is -2.27. The second kappa shape index (κ2) is 4.52. The summed E-state index contributed by atoms with van der Waals surface area (Å²) in [5.41, 5.74) is 0.192. The Kier molecular flexibility index (Phi) is 2.86. The van der Waals surface area contributed by atoms with E-state index < -0.39 is 5.82 Å². The molecule has 1 aromatic heterocycles. The van der Waals surface area contributed by atoms with Crippen molar-refractivity contribution < 1.29 is 4.39 Å². The quantitative estimate of drug-likeness (QED) is 0.775. The predicted molar refractivity (Wildman–Crippen MR) is 68.1 cm³/mol. The van der Waals surface area contributed by atoms with E-state index in [1.54, 1.807) is 23.0 Å². The van der Waals surface area contributed by atoms with Gasteiger partial charge in [-0.25, -0.2) is 9.37 Å². The van der Waals surface area contributed by atoms with E-state index in [9.17, 15) is 9.18 Å². The summed E-state index contributed by atoms with van der Waals surface area (Å²) >= 11 is 0.